The van der Waals surface area contributed by atoms with Gasteiger partial charge < -0.3 is 0 Å². The molecule has 0 radical (unpaired) electrons. The molecule has 0 nitrogen and oxygen atoms in total. The molecule has 1 spiro atoms. The summed E-state index contributed by atoms with van der Waals surface area (Å²) < 4.78 is 0. The van der Waals surface area contributed by atoms with Crippen LogP contribution >= 0.6 is 0 Å². The Morgan fingerprint density at radius 2 is 1.15 bits per heavy atom. The van der Waals surface area contributed by atoms with E-state index in [4.69, 9.17) is 12.8 Å². The van der Waals surface area contributed by atoms with Crippen LogP contribution in [0, 0.1) is 43.4 Å². The maximum Gasteiger partial charge on any atom is 0.0738 e. The van der Waals surface area contributed by atoms with Gasteiger partial charge in [0.2, 0.25) is 0 Å². The third-order valence-corrected chi connectivity index (χ3v) is 8.43. The zero-order valence-corrected chi connectivity index (χ0v) is 26.0. The van der Waals surface area contributed by atoms with Gasteiger partial charge in [-0.2, -0.15) is 0 Å². The zero-order chi connectivity index (χ0) is 29.2. The largest absolute Gasteiger partial charge is 0.115 e. The molecular formula is C39H46. The van der Waals surface area contributed by atoms with Crippen molar-refractivity contribution in [2.45, 2.75) is 87.5 Å². The Balaban J connectivity index is 0.00000205. The van der Waals surface area contributed by atoms with Gasteiger partial charge in [-0.05, 0) is 77.5 Å². The topological polar surface area (TPSA) is 0 Å². The van der Waals surface area contributed by atoms with Crippen molar-refractivity contribution >= 4 is 0 Å². The first-order chi connectivity index (χ1) is 18.5. The van der Waals surface area contributed by atoms with Gasteiger partial charge in [-0.15, -0.1) is 12.8 Å². The summed E-state index contributed by atoms with van der Waals surface area (Å²) in [5, 5.41) is 0. The third kappa shape index (κ3) is 4.88. The highest BCUT2D eigenvalue weighted by Crippen LogP contribution is 2.62. The predicted octanol–water partition coefficient (Wildman–Crippen LogP) is 10.5. The summed E-state index contributed by atoms with van der Waals surface area (Å²) in [5.41, 5.74) is 13.7. The first-order valence-electron chi connectivity index (χ1n) is 14.5. The highest BCUT2D eigenvalue weighted by molar-refractivity contribution is 5.92. The quantitative estimate of drug-likeness (QED) is 0.348. The number of rotatable bonds is 5. The summed E-state index contributed by atoms with van der Waals surface area (Å²) >= 11 is 0. The molecule has 0 heteroatoms. The average Bonchev–Trinajstić information content (AvgIpc) is 3.34. The first kappa shape index (κ1) is 30.1. The summed E-state index contributed by atoms with van der Waals surface area (Å²) in [6.45, 7) is 24.1. The smallest absolute Gasteiger partial charge is 0.0738 e. The second kappa shape index (κ2) is 11.7. The van der Waals surface area contributed by atoms with Crippen LogP contribution in [0.2, 0.25) is 0 Å². The Kier molecular flexibility index (Phi) is 9.04. The van der Waals surface area contributed by atoms with Crippen LogP contribution in [-0.4, -0.2) is 0 Å². The lowest BCUT2D eigenvalue weighted by atomic mass is 9.67. The van der Waals surface area contributed by atoms with Gasteiger partial charge >= 0.3 is 0 Å². The van der Waals surface area contributed by atoms with Gasteiger partial charge in [-0.3, -0.25) is 0 Å². The van der Waals surface area contributed by atoms with Gasteiger partial charge in [0.25, 0.3) is 0 Å². The molecule has 2 aromatic rings. The Bertz CT molecular complexity index is 1420. The van der Waals surface area contributed by atoms with E-state index in [-0.39, 0.29) is 0 Å². The monoisotopic (exact) mass is 514 g/mol. The van der Waals surface area contributed by atoms with E-state index >= 15 is 0 Å². The molecule has 0 N–H and O–H groups in total. The number of terminal acetylenes is 2. The molecule has 0 saturated carbocycles. The van der Waals surface area contributed by atoms with Crippen molar-refractivity contribution < 1.29 is 0 Å². The van der Waals surface area contributed by atoms with Crippen molar-refractivity contribution in [3.63, 3.8) is 0 Å². The number of allylic oxidation sites excluding steroid dienone is 8. The third-order valence-electron chi connectivity index (χ3n) is 8.43. The van der Waals surface area contributed by atoms with E-state index in [2.05, 4.69) is 123 Å². The maximum absolute atomic E-state index is 6.31. The van der Waals surface area contributed by atoms with E-state index in [1.54, 1.807) is 0 Å². The van der Waals surface area contributed by atoms with Crippen LogP contribution < -0.4 is 0 Å². The molecule has 0 fully saturated rings. The number of benzene rings is 2. The Morgan fingerprint density at radius 1 is 0.718 bits per heavy atom. The van der Waals surface area contributed by atoms with Gasteiger partial charge in [0.1, 0.15) is 0 Å². The fourth-order valence-corrected chi connectivity index (χ4v) is 5.63. The fourth-order valence-electron chi connectivity index (χ4n) is 5.63. The SMILES string of the molecule is C#CC1=C(/C=C(\C)C(C)C)C2(C(/C=C(\C)C(C)C)=C1C#C)c1cc(C)ccc1-c1ccc(C(C)C)cc12.CC. The first-order valence-corrected chi connectivity index (χ1v) is 14.5. The molecule has 0 bridgehead atoms. The molecule has 2 aliphatic carbocycles. The van der Waals surface area contributed by atoms with Crippen molar-refractivity contribution in [2.24, 2.45) is 11.8 Å². The second-order valence-electron chi connectivity index (χ2n) is 11.7. The van der Waals surface area contributed by atoms with Gasteiger partial charge in [-0.1, -0.05) is 132 Å². The minimum absolute atomic E-state index is 0.398. The van der Waals surface area contributed by atoms with Crippen LogP contribution in [0.4, 0.5) is 0 Å². The molecule has 0 amide bonds. The molecule has 39 heavy (non-hydrogen) atoms. The van der Waals surface area contributed by atoms with Crippen LogP contribution in [0.5, 0.6) is 0 Å². The molecule has 0 aromatic heterocycles. The number of hydrogen-bond donors (Lipinski definition) is 0. The lowest BCUT2D eigenvalue weighted by molar-refractivity contribution is 0.732. The summed E-state index contributed by atoms with van der Waals surface area (Å²) in [5.74, 6) is 7.33. The molecule has 2 aromatic carbocycles. The van der Waals surface area contributed by atoms with Crippen molar-refractivity contribution in [1.29, 1.82) is 0 Å². The fraction of sp³-hybridized carbons (Fsp3) is 0.385. The van der Waals surface area contributed by atoms with Crippen molar-refractivity contribution in [1.82, 2.24) is 0 Å². The highest BCUT2D eigenvalue weighted by Gasteiger charge is 2.53. The Morgan fingerprint density at radius 3 is 1.56 bits per heavy atom. The molecule has 0 saturated heterocycles. The molecule has 4 rings (SSSR count). The van der Waals surface area contributed by atoms with Crippen LogP contribution in [0.1, 0.15) is 97.4 Å². The lowest BCUT2D eigenvalue weighted by Gasteiger charge is -2.34. The van der Waals surface area contributed by atoms with Crippen molar-refractivity contribution in [2.75, 3.05) is 0 Å². The molecule has 202 valence electrons. The minimum Gasteiger partial charge on any atom is -0.115 e. The van der Waals surface area contributed by atoms with Gasteiger partial charge in [0.15, 0.2) is 0 Å². The van der Waals surface area contributed by atoms with E-state index < -0.39 is 5.41 Å². The van der Waals surface area contributed by atoms with Gasteiger partial charge in [-0.25, -0.2) is 0 Å². The molecule has 0 heterocycles. The summed E-state index contributed by atoms with van der Waals surface area (Å²) in [6, 6.07) is 13.9. The van der Waals surface area contributed by atoms with Crippen molar-refractivity contribution in [3.8, 4) is 35.8 Å². The zero-order valence-electron chi connectivity index (χ0n) is 26.0. The van der Waals surface area contributed by atoms with E-state index in [1.165, 1.54) is 44.5 Å². The Labute approximate surface area is 239 Å². The van der Waals surface area contributed by atoms with Gasteiger partial charge in [0.05, 0.1) is 5.41 Å². The van der Waals surface area contributed by atoms with Gasteiger partial charge in [0, 0.05) is 11.1 Å². The molecule has 0 aliphatic heterocycles. The molecule has 0 unspecified atom stereocenters. The molecule has 2 aliphatic rings. The minimum atomic E-state index is -0.544. The summed E-state index contributed by atoms with van der Waals surface area (Å²) in [6.07, 6.45) is 17.3. The van der Waals surface area contributed by atoms with Crippen LogP contribution in [0.25, 0.3) is 11.1 Å². The number of hydrogen-bond acceptors (Lipinski definition) is 0. The van der Waals surface area contributed by atoms with Crippen LogP contribution in [0.15, 0.2) is 82.0 Å². The highest BCUT2D eigenvalue weighted by atomic mass is 14.5. The average molecular weight is 515 g/mol. The predicted molar refractivity (Wildman–Crippen MR) is 172 cm³/mol. The van der Waals surface area contributed by atoms with E-state index in [9.17, 15) is 0 Å². The lowest BCUT2D eigenvalue weighted by Crippen LogP contribution is -2.28. The summed E-state index contributed by atoms with van der Waals surface area (Å²) in [7, 11) is 0. The van der Waals surface area contributed by atoms with Crippen LogP contribution in [0.3, 0.4) is 0 Å². The van der Waals surface area contributed by atoms with E-state index in [1.807, 2.05) is 13.8 Å². The van der Waals surface area contributed by atoms with E-state index in [0.717, 1.165) is 22.3 Å². The Hall–Kier alpha value is -3.48. The van der Waals surface area contributed by atoms with E-state index in [0.29, 0.717) is 17.8 Å². The standard InChI is InChI=1S/C37H40.C2H6/c1-12-29-30(13-2)35(20-27(11)23(5)6)37(34(29)19-26(10)22(3)4)33-18-25(9)14-16-31(33)32-17-15-28(24(7)8)21-36(32)37;1-2/h1-2,14-24H,3-11H3;1-2H3/b26-19+,27-20+;. The van der Waals surface area contributed by atoms with Crippen LogP contribution in [-0.2, 0) is 5.41 Å². The maximum atomic E-state index is 6.31. The molecular weight excluding hydrogens is 468 g/mol. The number of fused-ring (bicyclic) bond motifs is 5. The normalized spacial score (nSPS) is 16.0. The summed E-state index contributed by atoms with van der Waals surface area (Å²) in [4.78, 5) is 0. The number of aryl methyl sites for hydroxylation is 1. The molecule has 0 atom stereocenters. The second-order valence-corrected chi connectivity index (χ2v) is 11.7. The van der Waals surface area contributed by atoms with Crippen molar-refractivity contribution in [3.05, 3.63) is 104 Å².